The Labute approximate surface area is 183 Å². The Morgan fingerprint density at radius 3 is 2.55 bits per heavy atom. The molecule has 29 heavy (non-hydrogen) atoms. The second-order valence-corrected chi connectivity index (χ2v) is 9.85. The fourth-order valence-corrected chi connectivity index (χ4v) is 4.89. The number of aromatic nitrogens is 1. The van der Waals surface area contributed by atoms with Gasteiger partial charge >= 0.3 is 6.09 Å². The molecule has 0 unspecified atom stereocenters. The summed E-state index contributed by atoms with van der Waals surface area (Å²) < 4.78 is 6.53. The quantitative estimate of drug-likeness (QED) is 0.534. The largest absolute Gasteiger partial charge is 0.444 e. The number of fused-ring (bicyclic) bond motifs is 3. The molecule has 1 aromatic heterocycles. The van der Waals surface area contributed by atoms with E-state index in [-0.39, 0.29) is 23.3 Å². The normalized spacial score (nSPS) is 21.4. The summed E-state index contributed by atoms with van der Waals surface area (Å²) in [4.78, 5) is 21.2. The number of rotatable bonds is 1. The van der Waals surface area contributed by atoms with E-state index in [0.717, 1.165) is 33.9 Å². The Balaban J connectivity index is 1.71. The maximum absolute atomic E-state index is 12.7. The summed E-state index contributed by atoms with van der Waals surface area (Å²) in [7, 11) is 0. The number of nitriles is 1. The number of pyridine rings is 1. The monoisotopic (exact) mass is 476 g/mol. The third-order valence-corrected chi connectivity index (χ3v) is 6.16. The highest BCUT2D eigenvalue weighted by Crippen LogP contribution is 2.40. The van der Waals surface area contributed by atoms with Crippen molar-refractivity contribution in [2.24, 2.45) is 0 Å². The van der Waals surface area contributed by atoms with Gasteiger partial charge in [-0.15, -0.1) is 0 Å². The molecule has 0 saturated carbocycles. The highest BCUT2D eigenvalue weighted by Gasteiger charge is 2.45. The molecule has 0 spiro atoms. The number of hydrogen-bond donors (Lipinski definition) is 0. The first-order chi connectivity index (χ1) is 13.7. The number of piperazine rings is 1. The van der Waals surface area contributed by atoms with Crippen molar-refractivity contribution in [3.8, 4) is 6.07 Å². The van der Waals surface area contributed by atoms with Crippen molar-refractivity contribution in [3.63, 3.8) is 0 Å². The summed E-state index contributed by atoms with van der Waals surface area (Å²) in [5, 5.41) is 10.9. The van der Waals surface area contributed by atoms with Crippen LogP contribution in [0.1, 0.15) is 39.2 Å². The van der Waals surface area contributed by atoms with E-state index in [4.69, 9.17) is 16.3 Å². The van der Waals surface area contributed by atoms with Crippen LogP contribution in [0.15, 0.2) is 22.7 Å². The zero-order valence-corrected chi connectivity index (χ0v) is 18.9. The zero-order valence-electron chi connectivity index (χ0n) is 16.6. The summed E-state index contributed by atoms with van der Waals surface area (Å²) >= 11 is 9.83. The minimum absolute atomic E-state index is 0.0487. The van der Waals surface area contributed by atoms with Crippen molar-refractivity contribution >= 4 is 50.2 Å². The van der Waals surface area contributed by atoms with Crippen molar-refractivity contribution in [1.29, 1.82) is 5.26 Å². The van der Waals surface area contributed by atoms with E-state index in [1.807, 2.05) is 43.9 Å². The molecule has 2 saturated heterocycles. The predicted octanol–water partition coefficient (Wildman–Crippen LogP) is 5.11. The molecule has 6 nitrogen and oxygen atoms in total. The average molecular weight is 478 g/mol. The molecule has 2 aliphatic heterocycles. The van der Waals surface area contributed by atoms with Crippen LogP contribution in [0.4, 0.5) is 10.5 Å². The first-order valence-corrected chi connectivity index (χ1v) is 10.8. The molecule has 0 aliphatic carbocycles. The predicted molar refractivity (Wildman–Crippen MR) is 116 cm³/mol. The molecular formula is C21H22BrClN4O2. The lowest BCUT2D eigenvalue weighted by Gasteiger charge is -2.42. The van der Waals surface area contributed by atoms with Gasteiger partial charge in [0.15, 0.2) is 0 Å². The molecule has 2 fully saturated rings. The Morgan fingerprint density at radius 2 is 1.97 bits per heavy atom. The second kappa shape index (κ2) is 7.33. The summed E-state index contributed by atoms with van der Waals surface area (Å²) in [6, 6.07) is 8.13. The smallest absolute Gasteiger partial charge is 0.410 e. The topological polar surface area (TPSA) is 69.5 Å². The first-order valence-electron chi connectivity index (χ1n) is 9.63. The lowest BCUT2D eigenvalue weighted by Crippen LogP contribution is -2.57. The molecule has 0 radical (unpaired) electrons. The number of halogens is 2. The van der Waals surface area contributed by atoms with Crippen molar-refractivity contribution < 1.29 is 9.53 Å². The van der Waals surface area contributed by atoms with Gasteiger partial charge in [-0.3, -0.25) is 4.90 Å². The van der Waals surface area contributed by atoms with Crippen LogP contribution >= 0.6 is 27.5 Å². The van der Waals surface area contributed by atoms with Gasteiger partial charge in [-0.25, -0.2) is 9.78 Å². The second-order valence-electron chi connectivity index (χ2n) is 8.58. The molecule has 1 aromatic carbocycles. The van der Waals surface area contributed by atoms with Gasteiger partial charge in [0.05, 0.1) is 23.3 Å². The molecule has 8 heteroatoms. The third-order valence-electron chi connectivity index (χ3n) is 5.39. The molecule has 2 aromatic rings. The van der Waals surface area contributed by atoms with E-state index in [1.54, 1.807) is 0 Å². The van der Waals surface area contributed by atoms with Gasteiger partial charge < -0.3 is 9.64 Å². The number of amides is 1. The number of anilines is 1. The lowest BCUT2D eigenvalue weighted by atomic mass is 10.1. The zero-order chi connectivity index (χ0) is 20.9. The van der Waals surface area contributed by atoms with Crippen molar-refractivity contribution in [3.05, 3.63) is 33.4 Å². The van der Waals surface area contributed by atoms with Crippen LogP contribution in [0, 0.1) is 11.3 Å². The Bertz CT molecular complexity index is 1020. The van der Waals surface area contributed by atoms with Gasteiger partial charge in [-0.2, -0.15) is 5.26 Å². The molecule has 152 valence electrons. The molecular weight excluding hydrogens is 456 g/mol. The van der Waals surface area contributed by atoms with Crippen LogP contribution < -0.4 is 4.90 Å². The van der Waals surface area contributed by atoms with Gasteiger partial charge in [0, 0.05) is 22.9 Å². The van der Waals surface area contributed by atoms with E-state index in [9.17, 15) is 10.1 Å². The number of nitrogens with zero attached hydrogens (tertiary/aromatic N) is 4. The number of hydrogen-bond acceptors (Lipinski definition) is 5. The van der Waals surface area contributed by atoms with E-state index in [1.165, 1.54) is 0 Å². The van der Waals surface area contributed by atoms with Crippen molar-refractivity contribution in [2.75, 3.05) is 18.0 Å². The van der Waals surface area contributed by atoms with Crippen LogP contribution in [0.3, 0.4) is 0 Å². The summed E-state index contributed by atoms with van der Waals surface area (Å²) in [6.45, 7) is 6.91. The number of benzene rings is 1. The first kappa shape index (κ1) is 20.2. The summed E-state index contributed by atoms with van der Waals surface area (Å²) in [5.41, 5.74) is 1.40. The summed E-state index contributed by atoms with van der Waals surface area (Å²) in [6.07, 6.45) is 1.58. The third kappa shape index (κ3) is 3.76. The lowest BCUT2D eigenvalue weighted by molar-refractivity contribution is 0.0123. The fourth-order valence-electron chi connectivity index (χ4n) is 4.32. The maximum Gasteiger partial charge on any atom is 0.410 e. The van der Waals surface area contributed by atoms with Crippen molar-refractivity contribution in [1.82, 2.24) is 9.88 Å². The number of carbonyl (C=O) groups is 1. The molecule has 2 atom stereocenters. The van der Waals surface area contributed by atoms with Crippen LogP contribution in [-0.2, 0) is 4.74 Å². The van der Waals surface area contributed by atoms with E-state index in [2.05, 4.69) is 31.9 Å². The molecule has 0 N–H and O–H groups in total. The molecule has 2 bridgehead atoms. The Kier molecular flexibility index (Phi) is 5.12. The highest BCUT2D eigenvalue weighted by atomic mass is 79.9. The standard InChI is InChI=1S/C21H22BrClN4O2/c1-21(2,3)29-20(28)27-13-5-6-14(27)11-26(10-13)18-15-7-4-12(22)8-17(15)25-19(23)16(18)9-24/h4,7-8,13-14H,5-6,10-11H2,1-3H3/t13-,14+. The SMILES string of the molecule is CC(C)(C)OC(=O)N1[C@@H]2CC[C@H]1CN(c1c(C#N)c(Cl)nc3cc(Br)ccc13)C2. The number of carbonyl (C=O) groups excluding carboxylic acids is 1. The Hall–Kier alpha value is -2.04. The minimum Gasteiger partial charge on any atom is -0.444 e. The van der Waals surface area contributed by atoms with Gasteiger partial charge in [0.1, 0.15) is 22.4 Å². The van der Waals surface area contributed by atoms with E-state index >= 15 is 0 Å². The van der Waals surface area contributed by atoms with Gasteiger partial charge in [-0.05, 0) is 51.8 Å². The number of ether oxygens (including phenoxy) is 1. The minimum atomic E-state index is -0.524. The van der Waals surface area contributed by atoms with Crippen molar-refractivity contribution in [2.45, 2.75) is 51.3 Å². The molecule has 1 amide bonds. The molecule has 3 heterocycles. The van der Waals surface area contributed by atoms with Crippen LogP contribution in [0.5, 0.6) is 0 Å². The van der Waals surface area contributed by atoms with Crippen LogP contribution in [0.25, 0.3) is 10.9 Å². The molecule has 2 aliphatic rings. The average Bonchev–Trinajstić information content (AvgIpc) is 2.89. The maximum atomic E-state index is 12.7. The highest BCUT2D eigenvalue weighted by molar-refractivity contribution is 9.10. The summed E-state index contributed by atoms with van der Waals surface area (Å²) in [5.74, 6) is 0. The van der Waals surface area contributed by atoms with Gasteiger partial charge in [0.25, 0.3) is 0 Å². The van der Waals surface area contributed by atoms with Gasteiger partial charge in [0.2, 0.25) is 0 Å². The Morgan fingerprint density at radius 1 is 1.31 bits per heavy atom. The van der Waals surface area contributed by atoms with Gasteiger partial charge in [-0.1, -0.05) is 27.5 Å². The van der Waals surface area contributed by atoms with Crippen LogP contribution in [0.2, 0.25) is 5.15 Å². The van der Waals surface area contributed by atoms with E-state index in [0.29, 0.717) is 18.7 Å². The molecule has 4 rings (SSSR count). The van der Waals surface area contributed by atoms with Crippen LogP contribution in [-0.4, -0.2) is 46.8 Å². The van der Waals surface area contributed by atoms with E-state index < -0.39 is 5.60 Å². The fraction of sp³-hybridized carbons (Fsp3) is 0.476.